The Morgan fingerprint density at radius 3 is 2.95 bits per heavy atom. The molecule has 2 heterocycles. The Kier molecular flexibility index (Phi) is 5.16. The third-order valence-electron chi connectivity index (χ3n) is 3.32. The summed E-state index contributed by atoms with van der Waals surface area (Å²) in [6, 6.07) is 5.21. The lowest BCUT2D eigenvalue weighted by molar-refractivity contribution is 0.416. The van der Waals surface area contributed by atoms with Gasteiger partial charge in [-0.15, -0.1) is 11.3 Å². The van der Waals surface area contributed by atoms with Gasteiger partial charge in [-0.1, -0.05) is 13.0 Å². The third kappa shape index (κ3) is 3.67. The van der Waals surface area contributed by atoms with Gasteiger partial charge in [0.05, 0.1) is 4.88 Å². The van der Waals surface area contributed by atoms with E-state index in [0.29, 0.717) is 12.1 Å². The van der Waals surface area contributed by atoms with Crippen LogP contribution >= 0.6 is 11.3 Å². The van der Waals surface area contributed by atoms with Crippen molar-refractivity contribution in [2.75, 3.05) is 6.54 Å². The van der Waals surface area contributed by atoms with Crippen LogP contribution in [0.15, 0.2) is 29.9 Å². The molecule has 0 aliphatic heterocycles. The molecule has 104 valence electrons. The molecule has 0 amide bonds. The summed E-state index contributed by atoms with van der Waals surface area (Å²) in [5.41, 5.74) is 0. The summed E-state index contributed by atoms with van der Waals surface area (Å²) in [6.07, 6.45) is 6.29. The van der Waals surface area contributed by atoms with Crippen LogP contribution in [0.2, 0.25) is 0 Å². The number of imidazole rings is 1. The lowest BCUT2D eigenvalue weighted by atomic mass is 10.1. The molecule has 0 saturated carbocycles. The van der Waals surface area contributed by atoms with Gasteiger partial charge in [-0.05, 0) is 44.7 Å². The van der Waals surface area contributed by atoms with E-state index >= 15 is 0 Å². The Morgan fingerprint density at radius 1 is 1.42 bits per heavy atom. The predicted octanol–water partition coefficient (Wildman–Crippen LogP) is 3.95. The van der Waals surface area contributed by atoms with Gasteiger partial charge in [0, 0.05) is 24.5 Å². The average molecular weight is 277 g/mol. The highest BCUT2D eigenvalue weighted by Crippen LogP contribution is 2.26. The minimum Gasteiger partial charge on any atom is -0.327 e. The van der Waals surface area contributed by atoms with Crippen molar-refractivity contribution < 1.29 is 0 Å². The number of aromatic nitrogens is 2. The summed E-state index contributed by atoms with van der Waals surface area (Å²) in [5, 5.41) is 5.65. The number of thiophene rings is 1. The number of rotatable bonds is 7. The van der Waals surface area contributed by atoms with Gasteiger partial charge in [0.1, 0.15) is 5.82 Å². The Balaban J connectivity index is 2.04. The van der Waals surface area contributed by atoms with Gasteiger partial charge >= 0.3 is 0 Å². The molecule has 0 bridgehead atoms. The molecule has 2 atom stereocenters. The van der Waals surface area contributed by atoms with Crippen LogP contribution in [-0.4, -0.2) is 22.1 Å². The van der Waals surface area contributed by atoms with Crippen LogP contribution in [0.1, 0.15) is 39.7 Å². The van der Waals surface area contributed by atoms with Crippen LogP contribution < -0.4 is 5.32 Å². The van der Waals surface area contributed by atoms with E-state index in [0.717, 1.165) is 18.8 Å². The van der Waals surface area contributed by atoms with E-state index in [2.05, 4.69) is 59.3 Å². The Labute approximate surface area is 119 Å². The maximum Gasteiger partial charge on any atom is 0.150 e. The second-order valence-electron chi connectivity index (χ2n) is 5.08. The van der Waals surface area contributed by atoms with Gasteiger partial charge in [0.25, 0.3) is 0 Å². The summed E-state index contributed by atoms with van der Waals surface area (Å²) >= 11 is 1.75. The fourth-order valence-corrected chi connectivity index (χ4v) is 3.09. The van der Waals surface area contributed by atoms with Crippen LogP contribution in [0, 0.1) is 0 Å². The van der Waals surface area contributed by atoms with Crippen molar-refractivity contribution in [1.29, 1.82) is 0 Å². The van der Waals surface area contributed by atoms with Crippen molar-refractivity contribution in [3.8, 4) is 10.7 Å². The number of nitrogens with one attached hydrogen (secondary N) is 1. The molecule has 2 aromatic heterocycles. The van der Waals surface area contributed by atoms with E-state index < -0.39 is 0 Å². The second-order valence-corrected chi connectivity index (χ2v) is 6.02. The van der Waals surface area contributed by atoms with E-state index in [-0.39, 0.29) is 0 Å². The number of hydrogen-bond acceptors (Lipinski definition) is 3. The number of hydrogen-bond donors (Lipinski definition) is 1. The van der Waals surface area contributed by atoms with Crippen LogP contribution in [0.3, 0.4) is 0 Å². The highest BCUT2D eigenvalue weighted by molar-refractivity contribution is 7.13. The zero-order valence-electron chi connectivity index (χ0n) is 12.0. The van der Waals surface area contributed by atoms with E-state index in [9.17, 15) is 0 Å². The van der Waals surface area contributed by atoms with E-state index in [1.165, 1.54) is 11.3 Å². The molecular formula is C15H23N3S. The lowest BCUT2D eigenvalue weighted by Gasteiger charge is -2.21. The van der Waals surface area contributed by atoms with Crippen molar-refractivity contribution >= 4 is 11.3 Å². The van der Waals surface area contributed by atoms with Gasteiger partial charge < -0.3 is 9.88 Å². The highest BCUT2D eigenvalue weighted by Gasteiger charge is 2.14. The molecule has 3 nitrogen and oxygen atoms in total. The van der Waals surface area contributed by atoms with Crippen molar-refractivity contribution in [2.45, 2.75) is 45.7 Å². The lowest BCUT2D eigenvalue weighted by Crippen LogP contribution is -2.29. The maximum atomic E-state index is 4.50. The predicted molar refractivity (Wildman–Crippen MR) is 82.6 cm³/mol. The monoisotopic (exact) mass is 277 g/mol. The molecule has 0 aromatic carbocycles. The topological polar surface area (TPSA) is 29.9 Å². The molecule has 1 N–H and O–H groups in total. The molecule has 0 aliphatic rings. The SMILES string of the molecule is CCCNC(C)CC(C)n1ccnc1-c1cccs1. The summed E-state index contributed by atoms with van der Waals surface area (Å²) in [4.78, 5) is 5.74. The quantitative estimate of drug-likeness (QED) is 0.830. The molecule has 0 radical (unpaired) electrons. The summed E-state index contributed by atoms with van der Waals surface area (Å²) in [5.74, 6) is 1.09. The first kappa shape index (κ1) is 14.3. The zero-order chi connectivity index (χ0) is 13.7. The second kappa shape index (κ2) is 6.87. The standard InChI is InChI=1S/C15H23N3S/c1-4-7-16-12(2)11-13(3)18-9-8-17-15(18)14-6-5-10-19-14/h5-6,8-10,12-13,16H,4,7,11H2,1-3H3. The minimum atomic E-state index is 0.457. The molecule has 0 aliphatic carbocycles. The maximum absolute atomic E-state index is 4.50. The third-order valence-corrected chi connectivity index (χ3v) is 4.19. The summed E-state index contributed by atoms with van der Waals surface area (Å²) in [7, 11) is 0. The molecule has 0 saturated heterocycles. The summed E-state index contributed by atoms with van der Waals surface area (Å²) < 4.78 is 2.29. The molecule has 2 unspecified atom stereocenters. The highest BCUT2D eigenvalue weighted by atomic mass is 32.1. The Hall–Kier alpha value is -1.13. The fraction of sp³-hybridized carbons (Fsp3) is 0.533. The van der Waals surface area contributed by atoms with Gasteiger partial charge in [-0.3, -0.25) is 0 Å². The van der Waals surface area contributed by atoms with Gasteiger partial charge in [-0.2, -0.15) is 0 Å². The van der Waals surface area contributed by atoms with Crippen LogP contribution in [0.25, 0.3) is 10.7 Å². The smallest absolute Gasteiger partial charge is 0.150 e. The number of nitrogens with zero attached hydrogens (tertiary/aromatic N) is 2. The fourth-order valence-electron chi connectivity index (χ4n) is 2.36. The minimum absolute atomic E-state index is 0.457. The van der Waals surface area contributed by atoms with E-state index in [1.807, 2.05) is 6.20 Å². The Morgan fingerprint density at radius 2 is 2.26 bits per heavy atom. The van der Waals surface area contributed by atoms with Crippen molar-refractivity contribution in [3.63, 3.8) is 0 Å². The summed E-state index contributed by atoms with van der Waals surface area (Å²) in [6.45, 7) is 7.82. The first-order chi connectivity index (χ1) is 9.22. The normalized spacial score (nSPS) is 14.5. The molecule has 19 heavy (non-hydrogen) atoms. The van der Waals surface area contributed by atoms with Gasteiger partial charge in [0.15, 0.2) is 0 Å². The van der Waals surface area contributed by atoms with Crippen LogP contribution in [0.4, 0.5) is 0 Å². The zero-order valence-corrected chi connectivity index (χ0v) is 12.8. The molecule has 2 aromatic rings. The average Bonchev–Trinajstić information content (AvgIpc) is 3.05. The van der Waals surface area contributed by atoms with E-state index in [1.54, 1.807) is 11.3 Å². The van der Waals surface area contributed by atoms with Crippen LogP contribution in [0.5, 0.6) is 0 Å². The molecule has 4 heteroatoms. The Bertz CT molecular complexity index is 475. The molecule has 2 rings (SSSR count). The van der Waals surface area contributed by atoms with Crippen LogP contribution in [-0.2, 0) is 0 Å². The van der Waals surface area contributed by atoms with Crippen molar-refractivity contribution in [1.82, 2.24) is 14.9 Å². The largest absolute Gasteiger partial charge is 0.327 e. The molecule has 0 spiro atoms. The first-order valence-corrected chi connectivity index (χ1v) is 7.90. The van der Waals surface area contributed by atoms with E-state index in [4.69, 9.17) is 0 Å². The molecule has 0 fully saturated rings. The first-order valence-electron chi connectivity index (χ1n) is 7.02. The van der Waals surface area contributed by atoms with Gasteiger partial charge in [0.2, 0.25) is 0 Å². The van der Waals surface area contributed by atoms with Crippen molar-refractivity contribution in [3.05, 3.63) is 29.9 Å². The molecular weight excluding hydrogens is 254 g/mol. The van der Waals surface area contributed by atoms with Gasteiger partial charge in [-0.25, -0.2) is 4.98 Å². The van der Waals surface area contributed by atoms with Crippen molar-refractivity contribution in [2.24, 2.45) is 0 Å².